The number of nitrogens with zero attached hydrogens (tertiary/aromatic N) is 1. The molecule has 0 amide bonds. The Bertz CT molecular complexity index is 187. The highest BCUT2D eigenvalue weighted by molar-refractivity contribution is 5.89. The number of hydrogen-bond donors (Lipinski definition) is 0. The van der Waals surface area contributed by atoms with Crippen molar-refractivity contribution in [1.82, 2.24) is 4.90 Å². The first-order valence-corrected chi connectivity index (χ1v) is 5.37. The normalized spacial score (nSPS) is 22.5. The van der Waals surface area contributed by atoms with Gasteiger partial charge in [0.2, 0.25) is 0 Å². The zero-order valence-electron chi connectivity index (χ0n) is 9.10. The van der Waals surface area contributed by atoms with Gasteiger partial charge in [-0.25, -0.2) is 0 Å². The molecular weight excluding hydrogens is 162 g/mol. The molecule has 1 heterocycles. The van der Waals surface area contributed by atoms with Gasteiger partial charge in [-0.2, -0.15) is 0 Å². The van der Waals surface area contributed by atoms with Crippen molar-refractivity contribution in [2.45, 2.75) is 52.0 Å². The fraction of sp³-hybridized carbons (Fsp3) is 0.909. The Hall–Kier alpha value is -0.370. The maximum atomic E-state index is 11.5. The van der Waals surface area contributed by atoms with Crippen molar-refractivity contribution in [2.75, 3.05) is 13.1 Å². The Morgan fingerprint density at radius 1 is 1.38 bits per heavy atom. The molecule has 0 aromatic heterocycles. The van der Waals surface area contributed by atoms with E-state index in [1.54, 1.807) is 0 Å². The molecule has 76 valence electrons. The molecule has 13 heavy (non-hydrogen) atoms. The van der Waals surface area contributed by atoms with E-state index in [9.17, 15) is 4.79 Å². The second-order valence-electron chi connectivity index (χ2n) is 4.43. The van der Waals surface area contributed by atoms with Gasteiger partial charge in [-0.05, 0) is 26.8 Å². The number of carbonyl (C=O) groups is 1. The minimum atomic E-state index is -0.187. The molecule has 0 bridgehead atoms. The maximum Gasteiger partial charge on any atom is 0.153 e. The smallest absolute Gasteiger partial charge is 0.153 e. The van der Waals surface area contributed by atoms with E-state index in [0.29, 0.717) is 5.78 Å². The number of carbonyl (C=O) groups excluding carboxylic acids is 1. The summed E-state index contributed by atoms with van der Waals surface area (Å²) in [4.78, 5) is 13.8. The highest BCUT2D eigenvalue weighted by Crippen LogP contribution is 2.25. The zero-order chi connectivity index (χ0) is 9.90. The molecule has 1 aliphatic rings. The summed E-state index contributed by atoms with van der Waals surface area (Å²) in [5.41, 5.74) is -0.187. The van der Waals surface area contributed by atoms with Gasteiger partial charge in [0, 0.05) is 13.0 Å². The molecule has 1 saturated heterocycles. The lowest BCUT2D eigenvalue weighted by Crippen LogP contribution is -2.43. The van der Waals surface area contributed by atoms with Crippen molar-refractivity contribution in [1.29, 1.82) is 0 Å². The number of ketones is 1. The Morgan fingerprint density at radius 3 is 2.54 bits per heavy atom. The first-order valence-electron chi connectivity index (χ1n) is 5.37. The van der Waals surface area contributed by atoms with Gasteiger partial charge in [-0.15, -0.1) is 0 Å². The summed E-state index contributed by atoms with van der Waals surface area (Å²) in [6.07, 6.45) is 4.51. The topological polar surface area (TPSA) is 20.3 Å². The average Bonchev–Trinajstić information content (AvgIpc) is 2.32. The van der Waals surface area contributed by atoms with E-state index >= 15 is 0 Å². The van der Waals surface area contributed by atoms with Crippen LogP contribution in [0.25, 0.3) is 0 Å². The van der Waals surface area contributed by atoms with Crippen LogP contribution in [0.4, 0.5) is 0 Å². The van der Waals surface area contributed by atoms with E-state index < -0.39 is 0 Å². The molecule has 1 aliphatic heterocycles. The Kier molecular flexibility index (Phi) is 3.48. The predicted molar refractivity (Wildman–Crippen MR) is 54.8 cm³/mol. The third-order valence-electron chi connectivity index (χ3n) is 3.11. The summed E-state index contributed by atoms with van der Waals surface area (Å²) in [5.74, 6) is 0.406. The highest BCUT2D eigenvalue weighted by Gasteiger charge is 2.39. The molecule has 1 fully saturated rings. The van der Waals surface area contributed by atoms with Crippen LogP contribution in [0.5, 0.6) is 0 Å². The first kappa shape index (κ1) is 10.7. The molecule has 0 radical (unpaired) electrons. The van der Waals surface area contributed by atoms with Crippen molar-refractivity contribution < 1.29 is 4.79 Å². The highest BCUT2D eigenvalue weighted by atomic mass is 16.1. The van der Waals surface area contributed by atoms with Crippen molar-refractivity contribution in [3.63, 3.8) is 0 Å². The summed E-state index contributed by atoms with van der Waals surface area (Å²) in [5, 5.41) is 0. The molecular formula is C11H21NO. The van der Waals surface area contributed by atoms with E-state index in [-0.39, 0.29) is 5.54 Å². The van der Waals surface area contributed by atoms with E-state index in [1.165, 1.54) is 19.3 Å². The third-order valence-corrected chi connectivity index (χ3v) is 3.11. The number of hydrogen-bond acceptors (Lipinski definition) is 2. The van der Waals surface area contributed by atoms with E-state index in [1.807, 2.05) is 13.8 Å². The van der Waals surface area contributed by atoms with Crippen LogP contribution in [0.2, 0.25) is 0 Å². The fourth-order valence-electron chi connectivity index (χ4n) is 1.94. The lowest BCUT2D eigenvalue weighted by atomic mass is 10.0. The molecule has 0 spiro atoms. The van der Waals surface area contributed by atoms with Gasteiger partial charge in [0.1, 0.15) is 0 Å². The molecule has 0 aromatic carbocycles. The number of unbranched alkanes of at least 4 members (excludes halogenated alkanes) is 2. The fourth-order valence-corrected chi connectivity index (χ4v) is 1.94. The SMILES string of the molecule is CCCCCN1CCC(=O)C1(C)C. The van der Waals surface area contributed by atoms with Gasteiger partial charge in [0.05, 0.1) is 5.54 Å². The van der Waals surface area contributed by atoms with Crippen LogP contribution in [0.15, 0.2) is 0 Å². The second kappa shape index (κ2) is 4.23. The van der Waals surface area contributed by atoms with E-state index in [2.05, 4.69) is 11.8 Å². The minimum Gasteiger partial charge on any atom is -0.298 e. The van der Waals surface area contributed by atoms with Gasteiger partial charge in [-0.3, -0.25) is 9.69 Å². The number of Topliss-reactive ketones (excluding diaryl/α,β-unsaturated/α-hetero) is 1. The molecule has 1 rings (SSSR count). The molecule has 2 nitrogen and oxygen atoms in total. The van der Waals surface area contributed by atoms with E-state index in [4.69, 9.17) is 0 Å². The van der Waals surface area contributed by atoms with Crippen LogP contribution in [-0.2, 0) is 4.79 Å². The molecule has 0 saturated carbocycles. The van der Waals surface area contributed by atoms with Crippen LogP contribution in [-0.4, -0.2) is 29.3 Å². The van der Waals surface area contributed by atoms with Crippen molar-refractivity contribution >= 4 is 5.78 Å². The zero-order valence-corrected chi connectivity index (χ0v) is 9.10. The first-order chi connectivity index (χ1) is 6.09. The Labute approximate surface area is 81.3 Å². The van der Waals surface area contributed by atoms with Gasteiger partial charge in [0.15, 0.2) is 5.78 Å². The van der Waals surface area contributed by atoms with E-state index in [0.717, 1.165) is 19.5 Å². The summed E-state index contributed by atoms with van der Waals surface area (Å²) in [6, 6.07) is 0. The second-order valence-corrected chi connectivity index (χ2v) is 4.43. The molecule has 2 heteroatoms. The predicted octanol–water partition coefficient (Wildman–Crippen LogP) is 2.23. The summed E-state index contributed by atoms with van der Waals surface area (Å²) >= 11 is 0. The molecule has 0 unspecified atom stereocenters. The average molecular weight is 183 g/mol. The number of likely N-dealkylation sites (tertiary alicyclic amines) is 1. The van der Waals surface area contributed by atoms with Crippen LogP contribution in [0.3, 0.4) is 0 Å². The quantitative estimate of drug-likeness (QED) is 0.623. The van der Waals surface area contributed by atoms with Crippen LogP contribution in [0.1, 0.15) is 46.5 Å². The molecule has 0 N–H and O–H groups in total. The lowest BCUT2D eigenvalue weighted by molar-refractivity contribution is -0.123. The van der Waals surface area contributed by atoms with Crippen LogP contribution >= 0.6 is 0 Å². The van der Waals surface area contributed by atoms with Crippen molar-refractivity contribution in [3.05, 3.63) is 0 Å². The van der Waals surface area contributed by atoms with Gasteiger partial charge in [0.25, 0.3) is 0 Å². The Balaban J connectivity index is 2.38. The van der Waals surface area contributed by atoms with Gasteiger partial charge < -0.3 is 0 Å². The standard InChI is InChI=1S/C11H21NO/c1-4-5-6-8-12-9-7-10(13)11(12,2)3/h4-9H2,1-3H3. The minimum absolute atomic E-state index is 0.187. The summed E-state index contributed by atoms with van der Waals surface area (Å²) < 4.78 is 0. The maximum absolute atomic E-state index is 11.5. The Morgan fingerprint density at radius 2 is 2.08 bits per heavy atom. The van der Waals surface area contributed by atoms with Gasteiger partial charge >= 0.3 is 0 Å². The van der Waals surface area contributed by atoms with Crippen LogP contribution < -0.4 is 0 Å². The molecule has 0 atom stereocenters. The van der Waals surface area contributed by atoms with Gasteiger partial charge in [-0.1, -0.05) is 19.8 Å². The largest absolute Gasteiger partial charge is 0.298 e. The number of rotatable bonds is 4. The third kappa shape index (κ3) is 2.31. The molecule has 0 aliphatic carbocycles. The monoisotopic (exact) mass is 183 g/mol. The molecule has 0 aromatic rings. The van der Waals surface area contributed by atoms with Crippen LogP contribution in [0, 0.1) is 0 Å². The summed E-state index contributed by atoms with van der Waals surface area (Å²) in [6.45, 7) is 8.37. The van der Waals surface area contributed by atoms with Crippen molar-refractivity contribution in [3.8, 4) is 0 Å². The van der Waals surface area contributed by atoms with Crippen molar-refractivity contribution in [2.24, 2.45) is 0 Å². The summed E-state index contributed by atoms with van der Waals surface area (Å²) in [7, 11) is 0. The lowest BCUT2D eigenvalue weighted by Gasteiger charge is -2.29.